The molecule has 0 aliphatic carbocycles. The van der Waals surface area contributed by atoms with Crippen molar-refractivity contribution in [2.24, 2.45) is 5.73 Å². The number of nitrogens with two attached hydrogens (primary N) is 1. The molecule has 102 valence electrons. The first-order valence-electron chi connectivity index (χ1n) is 6.66. The highest BCUT2D eigenvalue weighted by molar-refractivity contribution is 4.87. The number of likely N-dealkylation sites (N-methyl/N-ethyl adjacent to an activating group) is 1. The Kier molecular flexibility index (Phi) is 5.38. The van der Waals surface area contributed by atoms with Gasteiger partial charge in [0.05, 0.1) is 6.61 Å². The summed E-state index contributed by atoms with van der Waals surface area (Å²) in [5, 5.41) is 9.23. The van der Waals surface area contributed by atoms with E-state index in [1.807, 2.05) is 6.92 Å². The molecule has 1 aliphatic rings. The molecule has 0 aromatic carbocycles. The molecule has 3 atom stereocenters. The molecule has 3 unspecified atom stereocenters. The second kappa shape index (κ2) is 6.14. The van der Waals surface area contributed by atoms with E-state index in [0.717, 1.165) is 19.5 Å². The lowest BCUT2D eigenvalue weighted by molar-refractivity contribution is 0.0799. The summed E-state index contributed by atoms with van der Waals surface area (Å²) in [5.41, 5.74) is 5.58. The minimum atomic E-state index is -0.454. The highest BCUT2D eigenvalue weighted by Gasteiger charge is 2.28. The van der Waals surface area contributed by atoms with Crippen LogP contribution in [0.3, 0.4) is 0 Å². The molecule has 4 heteroatoms. The second-order valence-electron chi connectivity index (χ2n) is 6.12. The molecule has 0 aromatic heterocycles. The lowest BCUT2D eigenvalue weighted by Crippen LogP contribution is -2.52. The summed E-state index contributed by atoms with van der Waals surface area (Å²) in [6.07, 6.45) is 3.40. The van der Waals surface area contributed by atoms with Gasteiger partial charge in [0, 0.05) is 24.2 Å². The summed E-state index contributed by atoms with van der Waals surface area (Å²) in [6, 6.07) is 1.10. The molecule has 0 amide bonds. The highest BCUT2D eigenvalue weighted by Crippen LogP contribution is 2.20. The van der Waals surface area contributed by atoms with Gasteiger partial charge in [0.1, 0.15) is 0 Å². The topological polar surface area (TPSA) is 52.7 Å². The lowest BCUT2D eigenvalue weighted by atomic mass is 9.93. The molecule has 1 saturated heterocycles. The van der Waals surface area contributed by atoms with Gasteiger partial charge in [-0.1, -0.05) is 0 Å². The molecule has 4 nitrogen and oxygen atoms in total. The van der Waals surface area contributed by atoms with Gasteiger partial charge in [-0.15, -0.1) is 0 Å². The number of hydrogen-bond donors (Lipinski definition) is 2. The SMILES string of the molecule is CC(CC(C)(N)CO)N1CCCC(N(C)C)C1. The minimum Gasteiger partial charge on any atom is -0.394 e. The molecular formula is C13H29N3O. The molecule has 1 heterocycles. The number of rotatable bonds is 5. The Morgan fingerprint density at radius 2 is 2.18 bits per heavy atom. The van der Waals surface area contributed by atoms with Crippen LogP contribution in [0.4, 0.5) is 0 Å². The molecule has 0 radical (unpaired) electrons. The number of likely N-dealkylation sites (tertiary alicyclic amines) is 1. The van der Waals surface area contributed by atoms with Crippen molar-refractivity contribution < 1.29 is 5.11 Å². The summed E-state index contributed by atoms with van der Waals surface area (Å²) in [4.78, 5) is 4.82. The fourth-order valence-corrected chi connectivity index (χ4v) is 2.67. The van der Waals surface area contributed by atoms with Crippen LogP contribution in [0.5, 0.6) is 0 Å². The van der Waals surface area contributed by atoms with Crippen molar-refractivity contribution in [2.45, 2.75) is 50.7 Å². The van der Waals surface area contributed by atoms with Crippen LogP contribution in [-0.4, -0.2) is 66.3 Å². The van der Waals surface area contributed by atoms with E-state index >= 15 is 0 Å². The van der Waals surface area contributed by atoms with Gasteiger partial charge in [-0.3, -0.25) is 4.90 Å². The fourth-order valence-electron chi connectivity index (χ4n) is 2.67. The van der Waals surface area contributed by atoms with Gasteiger partial charge in [-0.05, 0) is 53.8 Å². The predicted octanol–water partition coefficient (Wildman–Crippen LogP) is 0.501. The number of aliphatic hydroxyl groups is 1. The maximum atomic E-state index is 9.23. The third-order valence-electron chi connectivity index (χ3n) is 3.90. The molecule has 3 N–H and O–H groups in total. The van der Waals surface area contributed by atoms with E-state index in [-0.39, 0.29) is 6.61 Å². The van der Waals surface area contributed by atoms with E-state index in [1.165, 1.54) is 12.8 Å². The van der Waals surface area contributed by atoms with E-state index in [9.17, 15) is 5.11 Å². The van der Waals surface area contributed by atoms with Crippen LogP contribution in [0.2, 0.25) is 0 Å². The summed E-state index contributed by atoms with van der Waals surface area (Å²) in [5.74, 6) is 0. The van der Waals surface area contributed by atoms with Crippen LogP contribution >= 0.6 is 0 Å². The van der Waals surface area contributed by atoms with Crippen molar-refractivity contribution in [1.29, 1.82) is 0 Å². The monoisotopic (exact) mass is 243 g/mol. The molecule has 0 spiro atoms. The Labute approximate surface area is 106 Å². The molecular weight excluding hydrogens is 214 g/mol. The maximum absolute atomic E-state index is 9.23. The van der Waals surface area contributed by atoms with Gasteiger partial charge in [-0.25, -0.2) is 0 Å². The normalized spacial score (nSPS) is 28.1. The summed E-state index contributed by atoms with van der Waals surface area (Å²) < 4.78 is 0. The minimum absolute atomic E-state index is 0.0578. The number of aliphatic hydroxyl groups excluding tert-OH is 1. The first-order valence-corrected chi connectivity index (χ1v) is 6.66. The average Bonchev–Trinajstić information content (AvgIpc) is 2.28. The second-order valence-corrected chi connectivity index (χ2v) is 6.12. The van der Waals surface area contributed by atoms with Crippen LogP contribution in [0, 0.1) is 0 Å². The average molecular weight is 243 g/mol. The van der Waals surface area contributed by atoms with Crippen LogP contribution in [-0.2, 0) is 0 Å². The third-order valence-corrected chi connectivity index (χ3v) is 3.90. The first kappa shape index (κ1) is 14.9. The van der Waals surface area contributed by atoms with Gasteiger partial charge in [-0.2, -0.15) is 0 Å². The summed E-state index contributed by atoms with van der Waals surface area (Å²) in [6.45, 7) is 6.49. The standard InChI is InChI=1S/C13H29N3O/c1-11(8-13(2,14)10-17)16-7-5-6-12(9-16)15(3)4/h11-12,17H,5-10,14H2,1-4H3. The van der Waals surface area contributed by atoms with Crippen molar-refractivity contribution in [3.05, 3.63) is 0 Å². The highest BCUT2D eigenvalue weighted by atomic mass is 16.3. The lowest BCUT2D eigenvalue weighted by Gasteiger charge is -2.41. The van der Waals surface area contributed by atoms with Crippen LogP contribution < -0.4 is 5.73 Å². The Morgan fingerprint density at radius 3 is 2.71 bits per heavy atom. The third kappa shape index (κ3) is 4.54. The number of nitrogens with zero attached hydrogens (tertiary/aromatic N) is 2. The number of piperidine rings is 1. The van der Waals surface area contributed by atoms with Crippen LogP contribution in [0.15, 0.2) is 0 Å². The molecule has 0 bridgehead atoms. The largest absolute Gasteiger partial charge is 0.394 e. The van der Waals surface area contributed by atoms with Gasteiger partial charge in [0.15, 0.2) is 0 Å². The Morgan fingerprint density at radius 1 is 1.53 bits per heavy atom. The van der Waals surface area contributed by atoms with Gasteiger partial charge >= 0.3 is 0 Å². The Hall–Kier alpha value is -0.160. The maximum Gasteiger partial charge on any atom is 0.0609 e. The first-order chi connectivity index (χ1) is 7.85. The molecule has 1 fully saturated rings. The van der Waals surface area contributed by atoms with E-state index in [0.29, 0.717) is 12.1 Å². The van der Waals surface area contributed by atoms with Crippen molar-refractivity contribution >= 4 is 0 Å². The van der Waals surface area contributed by atoms with Crippen molar-refractivity contribution in [2.75, 3.05) is 33.8 Å². The quantitative estimate of drug-likeness (QED) is 0.738. The smallest absolute Gasteiger partial charge is 0.0609 e. The molecule has 0 aromatic rings. The van der Waals surface area contributed by atoms with Crippen molar-refractivity contribution in [3.63, 3.8) is 0 Å². The van der Waals surface area contributed by atoms with Crippen molar-refractivity contribution in [3.8, 4) is 0 Å². The van der Waals surface area contributed by atoms with E-state index in [1.54, 1.807) is 0 Å². The van der Waals surface area contributed by atoms with Crippen LogP contribution in [0.1, 0.15) is 33.1 Å². The fraction of sp³-hybridized carbons (Fsp3) is 1.00. The molecule has 1 aliphatic heterocycles. The predicted molar refractivity (Wildman–Crippen MR) is 72.0 cm³/mol. The Bertz CT molecular complexity index is 231. The molecule has 0 saturated carbocycles. The number of hydrogen-bond acceptors (Lipinski definition) is 4. The van der Waals surface area contributed by atoms with Gasteiger partial charge < -0.3 is 15.7 Å². The summed E-state index contributed by atoms with van der Waals surface area (Å²) >= 11 is 0. The van der Waals surface area contributed by atoms with E-state index in [4.69, 9.17) is 5.73 Å². The zero-order valence-corrected chi connectivity index (χ0v) is 11.8. The zero-order chi connectivity index (χ0) is 13.1. The van der Waals surface area contributed by atoms with Gasteiger partial charge in [0.25, 0.3) is 0 Å². The zero-order valence-electron chi connectivity index (χ0n) is 11.8. The van der Waals surface area contributed by atoms with Crippen molar-refractivity contribution in [1.82, 2.24) is 9.80 Å². The summed E-state index contributed by atoms with van der Waals surface area (Å²) in [7, 11) is 4.30. The molecule has 17 heavy (non-hydrogen) atoms. The van der Waals surface area contributed by atoms with Gasteiger partial charge in [0.2, 0.25) is 0 Å². The van der Waals surface area contributed by atoms with Crippen LogP contribution in [0.25, 0.3) is 0 Å². The molecule has 1 rings (SSSR count). The van der Waals surface area contributed by atoms with E-state index < -0.39 is 5.54 Å². The Balaban J connectivity index is 2.49. The van der Waals surface area contributed by atoms with E-state index in [2.05, 4.69) is 30.8 Å².